The van der Waals surface area contributed by atoms with Gasteiger partial charge in [0.2, 0.25) is 0 Å². The fraction of sp³-hybridized carbons (Fsp3) is 0.438. The molecule has 3 rings (SSSR count). The Morgan fingerprint density at radius 1 is 1.27 bits per heavy atom. The number of benzene rings is 1. The number of nitrogens with zero attached hydrogens (tertiary/aromatic N) is 3. The van der Waals surface area contributed by atoms with Gasteiger partial charge in [0.1, 0.15) is 0 Å². The van der Waals surface area contributed by atoms with Gasteiger partial charge in [-0.25, -0.2) is 13.8 Å². The highest BCUT2D eigenvalue weighted by atomic mass is 19.3. The van der Waals surface area contributed by atoms with Crippen LogP contribution in [0.1, 0.15) is 24.0 Å². The van der Waals surface area contributed by atoms with Gasteiger partial charge in [-0.15, -0.1) is 0 Å². The number of aromatic nitrogens is 2. The molecule has 0 bridgehead atoms. The average molecular weight is 306 g/mol. The number of hydrogen-bond acceptors (Lipinski definition) is 3. The van der Waals surface area contributed by atoms with Gasteiger partial charge < -0.3 is 15.2 Å². The lowest BCUT2D eigenvalue weighted by atomic mass is 10.0. The molecular weight excluding hydrogens is 286 g/mol. The van der Waals surface area contributed by atoms with Crippen molar-refractivity contribution in [3.8, 4) is 0 Å². The quantitative estimate of drug-likeness (QED) is 0.948. The lowest BCUT2D eigenvalue weighted by molar-refractivity contribution is -0.0220. The van der Waals surface area contributed by atoms with Gasteiger partial charge in [0.25, 0.3) is 5.92 Å². The number of nitrogens with two attached hydrogens (primary N) is 1. The van der Waals surface area contributed by atoms with Gasteiger partial charge in [-0.3, -0.25) is 0 Å². The molecule has 118 valence electrons. The van der Waals surface area contributed by atoms with E-state index in [4.69, 9.17) is 5.73 Å². The highest BCUT2D eigenvalue weighted by Crippen LogP contribution is 2.32. The Kier molecular flexibility index (Phi) is 3.76. The fourth-order valence-electron chi connectivity index (χ4n) is 2.83. The van der Waals surface area contributed by atoms with Crippen molar-refractivity contribution in [2.24, 2.45) is 0 Å². The van der Waals surface area contributed by atoms with Crippen LogP contribution in [-0.2, 0) is 6.54 Å². The minimum absolute atomic E-state index is 0.0897. The SMILES string of the molecule is Cc1ccc(Cn2ccnc2N)c(N2CCC(F)(F)CC2)c1. The van der Waals surface area contributed by atoms with Crippen molar-refractivity contribution in [2.75, 3.05) is 23.7 Å². The van der Waals surface area contributed by atoms with Crippen LogP contribution in [0.25, 0.3) is 0 Å². The van der Waals surface area contributed by atoms with E-state index in [1.54, 1.807) is 6.20 Å². The highest BCUT2D eigenvalue weighted by molar-refractivity contribution is 5.56. The Bertz CT molecular complexity index is 656. The van der Waals surface area contributed by atoms with Crippen LogP contribution in [-0.4, -0.2) is 28.6 Å². The van der Waals surface area contributed by atoms with Crippen LogP contribution in [0.15, 0.2) is 30.6 Å². The third-order valence-corrected chi connectivity index (χ3v) is 4.16. The third kappa shape index (κ3) is 3.05. The number of piperidine rings is 1. The number of aryl methyl sites for hydroxylation is 1. The van der Waals surface area contributed by atoms with E-state index in [9.17, 15) is 8.78 Å². The monoisotopic (exact) mass is 306 g/mol. The molecule has 1 aromatic heterocycles. The maximum absolute atomic E-state index is 13.4. The Hall–Kier alpha value is -2.11. The molecule has 0 unspecified atom stereocenters. The van der Waals surface area contributed by atoms with Crippen molar-refractivity contribution < 1.29 is 8.78 Å². The second-order valence-corrected chi connectivity index (χ2v) is 5.89. The maximum atomic E-state index is 13.4. The smallest absolute Gasteiger partial charge is 0.251 e. The maximum Gasteiger partial charge on any atom is 0.251 e. The molecule has 0 amide bonds. The number of nitrogen functional groups attached to an aromatic ring is 1. The van der Waals surface area contributed by atoms with Crippen molar-refractivity contribution in [3.05, 3.63) is 41.7 Å². The molecule has 1 fully saturated rings. The van der Waals surface area contributed by atoms with E-state index < -0.39 is 5.92 Å². The van der Waals surface area contributed by atoms with Gasteiger partial charge in [-0.05, 0) is 24.1 Å². The van der Waals surface area contributed by atoms with Crippen LogP contribution >= 0.6 is 0 Å². The minimum Gasteiger partial charge on any atom is -0.371 e. The number of anilines is 2. The summed E-state index contributed by atoms with van der Waals surface area (Å²) in [5, 5.41) is 0. The molecular formula is C16H20F2N4. The first-order valence-electron chi connectivity index (χ1n) is 7.43. The number of rotatable bonds is 3. The summed E-state index contributed by atoms with van der Waals surface area (Å²) in [5.41, 5.74) is 9.03. The summed E-state index contributed by atoms with van der Waals surface area (Å²) in [5.74, 6) is -2.08. The first-order chi connectivity index (χ1) is 10.4. The average Bonchev–Trinajstić information content (AvgIpc) is 2.86. The van der Waals surface area contributed by atoms with Crippen LogP contribution < -0.4 is 10.6 Å². The summed E-state index contributed by atoms with van der Waals surface area (Å²) in [6.45, 7) is 3.36. The number of alkyl halides is 2. The van der Waals surface area contributed by atoms with E-state index in [1.807, 2.05) is 34.7 Å². The summed E-state index contributed by atoms with van der Waals surface area (Å²) >= 11 is 0. The second kappa shape index (κ2) is 5.59. The Labute approximate surface area is 128 Å². The zero-order chi connectivity index (χ0) is 15.7. The molecule has 0 spiro atoms. The van der Waals surface area contributed by atoms with Crippen molar-refractivity contribution in [3.63, 3.8) is 0 Å². The summed E-state index contributed by atoms with van der Waals surface area (Å²) in [7, 11) is 0. The van der Waals surface area contributed by atoms with Gasteiger partial charge >= 0.3 is 0 Å². The summed E-state index contributed by atoms with van der Waals surface area (Å²) in [6, 6.07) is 6.13. The van der Waals surface area contributed by atoms with Crippen molar-refractivity contribution >= 4 is 11.6 Å². The molecule has 1 saturated heterocycles. The fourth-order valence-corrected chi connectivity index (χ4v) is 2.83. The molecule has 1 aliphatic heterocycles. The predicted octanol–water partition coefficient (Wildman–Crippen LogP) is 3.06. The molecule has 0 atom stereocenters. The first kappa shape index (κ1) is 14.8. The van der Waals surface area contributed by atoms with Crippen LogP contribution in [0, 0.1) is 6.92 Å². The van der Waals surface area contributed by atoms with Crippen LogP contribution in [0.5, 0.6) is 0 Å². The molecule has 0 saturated carbocycles. The zero-order valence-corrected chi connectivity index (χ0v) is 12.6. The zero-order valence-electron chi connectivity index (χ0n) is 12.6. The van der Waals surface area contributed by atoms with E-state index in [0.717, 1.165) is 16.8 Å². The molecule has 4 nitrogen and oxygen atoms in total. The second-order valence-electron chi connectivity index (χ2n) is 5.89. The van der Waals surface area contributed by atoms with Gasteiger partial charge in [0, 0.05) is 44.0 Å². The third-order valence-electron chi connectivity index (χ3n) is 4.16. The molecule has 2 N–H and O–H groups in total. The van der Waals surface area contributed by atoms with Crippen LogP contribution in [0.3, 0.4) is 0 Å². The van der Waals surface area contributed by atoms with E-state index in [-0.39, 0.29) is 12.8 Å². The lowest BCUT2D eigenvalue weighted by Crippen LogP contribution is -2.39. The first-order valence-corrected chi connectivity index (χ1v) is 7.43. The molecule has 0 aliphatic carbocycles. The largest absolute Gasteiger partial charge is 0.371 e. The Balaban J connectivity index is 1.87. The van der Waals surface area contributed by atoms with Crippen LogP contribution in [0.2, 0.25) is 0 Å². The molecule has 2 aromatic rings. The summed E-state index contributed by atoms with van der Waals surface area (Å²) in [4.78, 5) is 6.07. The molecule has 6 heteroatoms. The van der Waals surface area contributed by atoms with Gasteiger partial charge in [0.15, 0.2) is 5.95 Å². The standard InChI is InChI=1S/C16H20F2N4/c1-12-2-3-13(11-22-9-6-20-15(22)19)14(10-12)21-7-4-16(17,18)5-8-21/h2-3,6,9-10H,4-5,7-8,11H2,1H3,(H2,19,20). The summed E-state index contributed by atoms with van der Waals surface area (Å²) in [6.07, 6.45) is 3.30. The number of hydrogen-bond donors (Lipinski definition) is 1. The van der Waals surface area contributed by atoms with Crippen LogP contribution in [0.4, 0.5) is 20.4 Å². The van der Waals surface area contributed by atoms with E-state index in [0.29, 0.717) is 25.6 Å². The Morgan fingerprint density at radius 2 is 2.00 bits per heavy atom. The van der Waals surface area contributed by atoms with E-state index in [2.05, 4.69) is 11.1 Å². The Morgan fingerprint density at radius 3 is 2.64 bits per heavy atom. The van der Waals surface area contributed by atoms with Gasteiger partial charge in [-0.1, -0.05) is 12.1 Å². The van der Waals surface area contributed by atoms with Crippen molar-refractivity contribution in [1.82, 2.24) is 9.55 Å². The highest BCUT2D eigenvalue weighted by Gasteiger charge is 2.34. The predicted molar refractivity (Wildman–Crippen MR) is 83.3 cm³/mol. The molecule has 2 heterocycles. The molecule has 22 heavy (non-hydrogen) atoms. The number of halogens is 2. The normalized spacial score (nSPS) is 17.7. The molecule has 1 aliphatic rings. The van der Waals surface area contributed by atoms with E-state index >= 15 is 0 Å². The van der Waals surface area contributed by atoms with Gasteiger partial charge in [-0.2, -0.15) is 0 Å². The van der Waals surface area contributed by atoms with Gasteiger partial charge in [0.05, 0.1) is 6.54 Å². The topological polar surface area (TPSA) is 47.1 Å². The molecule has 0 radical (unpaired) electrons. The summed E-state index contributed by atoms with van der Waals surface area (Å²) < 4.78 is 28.6. The lowest BCUT2D eigenvalue weighted by Gasteiger charge is -2.34. The number of imidazole rings is 1. The van der Waals surface area contributed by atoms with E-state index in [1.165, 1.54) is 0 Å². The molecule has 1 aromatic carbocycles. The van der Waals surface area contributed by atoms with Crippen molar-refractivity contribution in [2.45, 2.75) is 32.2 Å². The van der Waals surface area contributed by atoms with Crippen molar-refractivity contribution in [1.29, 1.82) is 0 Å². The minimum atomic E-state index is -2.53.